The standard InChI is InChI=1S/C11H21N3O3/c1-9(3-5-12)11-13-10(14-17-11)4-6-16-8-7-15-2/h9H,3-8,12H2,1-2H3. The lowest BCUT2D eigenvalue weighted by atomic mass is 10.1. The summed E-state index contributed by atoms with van der Waals surface area (Å²) in [5, 5.41) is 3.90. The number of hydrogen-bond acceptors (Lipinski definition) is 6. The van der Waals surface area contributed by atoms with Crippen molar-refractivity contribution in [1.82, 2.24) is 10.1 Å². The van der Waals surface area contributed by atoms with Crippen molar-refractivity contribution in [3.05, 3.63) is 11.7 Å². The van der Waals surface area contributed by atoms with E-state index in [0.29, 0.717) is 44.5 Å². The number of methoxy groups -OCH3 is 1. The van der Waals surface area contributed by atoms with Crippen LogP contribution < -0.4 is 5.73 Å². The molecule has 1 heterocycles. The lowest BCUT2D eigenvalue weighted by Crippen LogP contribution is -2.06. The summed E-state index contributed by atoms with van der Waals surface area (Å²) in [6.07, 6.45) is 1.51. The van der Waals surface area contributed by atoms with Crippen molar-refractivity contribution in [3.63, 3.8) is 0 Å². The molecule has 0 saturated carbocycles. The van der Waals surface area contributed by atoms with E-state index in [2.05, 4.69) is 10.1 Å². The predicted molar refractivity (Wildman–Crippen MR) is 62.8 cm³/mol. The largest absolute Gasteiger partial charge is 0.382 e. The van der Waals surface area contributed by atoms with Gasteiger partial charge in [-0.1, -0.05) is 12.1 Å². The normalized spacial score (nSPS) is 12.9. The summed E-state index contributed by atoms with van der Waals surface area (Å²) < 4.78 is 15.4. The van der Waals surface area contributed by atoms with Crippen LogP contribution >= 0.6 is 0 Å². The van der Waals surface area contributed by atoms with E-state index in [9.17, 15) is 0 Å². The Labute approximate surface area is 101 Å². The molecule has 0 radical (unpaired) electrons. The third kappa shape index (κ3) is 5.25. The zero-order valence-electron chi connectivity index (χ0n) is 10.5. The molecule has 1 aromatic rings. The first-order valence-electron chi connectivity index (χ1n) is 5.87. The zero-order valence-corrected chi connectivity index (χ0v) is 10.5. The SMILES string of the molecule is COCCOCCc1noc(C(C)CCN)n1. The highest BCUT2D eigenvalue weighted by atomic mass is 16.5. The molecule has 1 unspecified atom stereocenters. The molecule has 17 heavy (non-hydrogen) atoms. The van der Waals surface area contributed by atoms with E-state index < -0.39 is 0 Å². The zero-order chi connectivity index (χ0) is 12.5. The maximum atomic E-state index is 5.48. The quantitative estimate of drug-likeness (QED) is 0.644. The number of nitrogens with two attached hydrogens (primary N) is 1. The van der Waals surface area contributed by atoms with Crippen molar-refractivity contribution >= 4 is 0 Å². The van der Waals surface area contributed by atoms with Crippen LogP contribution in [0.3, 0.4) is 0 Å². The van der Waals surface area contributed by atoms with E-state index in [-0.39, 0.29) is 5.92 Å². The molecule has 0 fully saturated rings. The van der Waals surface area contributed by atoms with Crippen LogP contribution in [0.1, 0.15) is 31.0 Å². The van der Waals surface area contributed by atoms with Crippen molar-refractivity contribution < 1.29 is 14.0 Å². The van der Waals surface area contributed by atoms with Gasteiger partial charge < -0.3 is 19.7 Å². The summed E-state index contributed by atoms with van der Waals surface area (Å²) in [4.78, 5) is 4.30. The van der Waals surface area contributed by atoms with Gasteiger partial charge in [-0.3, -0.25) is 0 Å². The molecule has 0 saturated heterocycles. The Bertz CT molecular complexity index is 304. The fraction of sp³-hybridized carbons (Fsp3) is 0.818. The van der Waals surface area contributed by atoms with Crippen molar-refractivity contribution in [2.75, 3.05) is 33.5 Å². The van der Waals surface area contributed by atoms with Crippen molar-refractivity contribution in [1.29, 1.82) is 0 Å². The Morgan fingerprint density at radius 3 is 2.88 bits per heavy atom. The van der Waals surface area contributed by atoms with Crippen molar-refractivity contribution in [3.8, 4) is 0 Å². The molecule has 0 bridgehead atoms. The Balaban J connectivity index is 2.25. The fourth-order valence-electron chi connectivity index (χ4n) is 1.35. The molecular weight excluding hydrogens is 222 g/mol. The fourth-order valence-corrected chi connectivity index (χ4v) is 1.35. The van der Waals surface area contributed by atoms with Crippen LogP contribution in [0.2, 0.25) is 0 Å². The van der Waals surface area contributed by atoms with Crippen molar-refractivity contribution in [2.45, 2.75) is 25.7 Å². The van der Waals surface area contributed by atoms with Crippen LogP contribution in [0.4, 0.5) is 0 Å². The third-order valence-electron chi connectivity index (χ3n) is 2.41. The minimum Gasteiger partial charge on any atom is -0.382 e. The summed E-state index contributed by atoms with van der Waals surface area (Å²) in [7, 11) is 1.65. The minimum atomic E-state index is 0.218. The average Bonchev–Trinajstić information content (AvgIpc) is 2.78. The lowest BCUT2D eigenvalue weighted by Gasteiger charge is -2.02. The predicted octanol–water partition coefficient (Wildman–Crippen LogP) is 0.727. The van der Waals surface area contributed by atoms with E-state index >= 15 is 0 Å². The van der Waals surface area contributed by atoms with Crippen LogP contribution in [-0.2, 0) is 15.9 Å². The Morgan fingerprint density at radius 2 is 2.18 bits per heavy atom. The Kier molecular flexibility index (Phi) is 6.76. The maximum Gasteiger partial charge on any atom is 0.229 e. The lowest BCUT2D eigenvalue weighted by molar-refractivity contribution is 0.0714. The monoisotopic (exact) mass is 243 g/mol. The first-order valence-corrected chi connectivity index (χ1v) is 5.87. The molecule has 0 aliphatic rings. The first-order chi connectivity index (χ1) is 8.27. The summed E-state index contributed by atoms with van der Waals surface area (Å²) in [6, 6.07) is 0. The Morgan fingerprint density at radius 1 is 1.35 bits per heavy atom. The second-order valence-electron chi connectivity index (χ2n) is 3.88. The second-order valence-corrected chi connectivity index (χ2v) is 3.88. The van der Waals surface area contributed by atoms with Gasteiger partial charge in [-0.15, -0.1) is 0 Å². The van der Waals surface area contributed by atoms with E-state index in [4.69, 9.17) is 19.7 Å². The molecule has 2 N–H and O–H groups in total. The smallest absolute Gasteiger partial charge is 0.229 e. The third-order valence-corrected chi connectivity index (χ3v) is 2.41. The second kappa shape index (κ2) is 8.16. The Hall–Kier alpha value is -0.980. The van der Waals surface area contributed by atoms with E-state index in [1.807, 2.05) is 6.92 Å². The molecule has 0 spiro atoms. The number of rotatable bonds is 9. The van der Waals surface area contributed by atoms with Gasteiger partial charge in [-0.25, -0.2) is 0 Å². The number of aromatic nitrogens is 2. The van der Waals surface area contributed by atoms with E-state index in [1.165, 1.54) is 0 Å². The number of ether oxygens (including phenoxy) is 2. The molecule has 0 aliphatic heterocycles. The summed E-state index contributed by atoms with van der Waals surface area (Å²) >= 11 is 0. The van der Waals surface area contributed by atoms with Gasteiger partial charge in [0, 0.05) is 19.4 Å². The topological polar surface area (TPSA) is 83.4 Å². The average molecular weight is 243 g/mol. The number of nitrogens with zero attached hydrogens (tertiary/aromatic N) is 2. The molecule has 6 heteroatoms. The van der Waals surface area contributed by atoms with Gasteiger partial charge in [0.2, 0.25) is 5.89 Å². The summed E-state index contributed by atoms with van der Waals surface area (Å²) in [5.74, 6) is 1.55. The molecule has 1 rings (SSSR count). The van der Waals surface area contributed by atoms with Gasteiger partial charge in [0.15, 0.2) is 5.82 Å². The van der Waals surface area contributed by atoms with Gasteiger partial charge in [0.1, 0.15) is 0 Å². The van der Waals surface area contributed by atoms with Crippen LogP contribution in [0.25, 0.3) is 0 Å². The van der Waals surface area contributed by atoms with Gasteiger partial charge in [0.05, 0.1) is 19.8 Å². The molecule has 0 amide bonds. The van der Waals surface area contributed by atoms with Crippen LogP contribution in [0.15, 0.2) is 4.52 Å². The highest BCUT2D eigenvalue weighted by Gasteiger charge is 2.13. The molecule has 0 aliphatic carbocycles. The van der Waals surface area contributed by atoms with Crippen molar-refractivity contribution in [2.24, 2.45) is 5.73 Å². The molecule has 98 valence electrons. The van der Waals surface area contributed by atoms with Crippen LogP contribution in [0.5, 0.6) is 0 Å². The highest BCUT2D eigenvalue weighted by Crippen LogP contribution is 2.15. The van der Waals surface area contributed by atoms with E-state index in [0.717, 1.165) is 6.42 Å². The maximum absolute atomic E-state index is 5.48. The van der Waals surface area contributed by atoms with Crippen LogP contribution in [-0.4, -0.2) is 43.6 Å². The highest BCUT2D eigenvalue weighted by molar-refractivity contribution is 4.92. The molecule has 1 aromatic heterocycles. The molecule has 6 nitrogen and oxygen atoms in total. The van der Waals surface area contributed by atoms with Gasteiger partial charge in [-0.2, -0.15) is 4.98 Å². The molecule has 1 atom stereocenters. The minimum absolute atomic E-state index is 0.218. The van der Waals surface area contributed by atoms with E-state index in [1.54, 1.807) is 7.11 Å². The molecule has 0 aromatic carbocycles. The summed E-state index contributed by atoms with van der Waals surface area (Å²) in [5.41, 5.74) is 5.48. The summed E-state index contributed by atoms with van der Waals surface area (Å²) in [6.45, 7) is 4.42. The molecular formula is C11H21N3O3. The number of hydrogen-bond donors (Lipinski definition) is 1. The first kappa shape index (κ1) is 14.1. The van der Waals surface area contributed by atoms with Crippen LogP contribution in [0, 0.1) is 0 Å². The van der Waals surface area contributed by atoms with Gasteiger partial charge >= 0.3 is 0 Å². The van der Waals surface area contributed by atoms with Gasteiger partial charge in [0.25, 0.3) is 0 Å². The van der Waals surface area contributed by atoms with Gasteiger partial charge in [-0.05, 0) is 13.0 Å².